The van der Waals surface area contributed by atoms with Crippen LogP contribution in [0.15, 0.2) is 35.7 Å². The molecule has 0 bridgehead atoms. The van der Waals surface area contributed by atoms with Crippen molar-refractivity contribution in [2.45, 2.75) is 16.3 Å². The minimum Gasteiger partial charge on any atom is -0.468 e. The maximum atomic E-state index is 12.5. The van der Waals surface area contributed by atoms with Gasteiger partial charge in [0.15, 0.2) is 0 Å². The van der Waals surface area contributed by atoms with Crippen molar-refractivity contribution in [3.05, 3.63) is 36.4 Å². The molecule has 0 spiro atoms. The average Bonchev–Trinajstić information content (AvgIpc) is 2.35. The number of nitrogen functional groups attached to an aromatic ring is 1. The molecule has 1 unspecified atom stereocenters. The van der Waals surface area contributed by atoms with Gasteiger partial charge in [-0.2, -0.15) is 13.2 Å². The number of alkyl halides is 3. The van der Waals surface area contributed by atoms with Gasteiger partial charge in [0, 0.05) is 10.6 Å². The molecule has 0 saturated heterocycles. The maximum absolute atomic E-state index is 12.5. The molecule has 7 heteroatoms. The Morgan fingerprint density at radius 1 is 1.53 bits per heavy atom. The molecule has 0 heterocycles. The Bertz CT molecular complexity index is 488. The van der Waals surface area contributed by atoms with Crippen LogP contribution >= 0.6 is 11.8 Å². The number of halogens is 3. The topological polar surface area (TPSA) is 52.3 Å². The number of esters is 1. The summed E-state index contributed by atoms with van der Waals surface area (Å²) in [5.41, 5.74) is 4.68. The number of nitrogens with two attached hydrogens (primary N) is 1. The van der Waals surface area contributed by atoms with Crippen molar-refractivity contribution < 1.29 is 22.7 Å². The normalized spacial score (nSPS) is 12.8. The third-order valence-electron chi connectivity index (χ3n) is 2.24. The van der Waals surface area contributed by atoms with Crippen molar-refractivity contribution in [3.63, 3.8) is 0 Å². The van der Waals surface area contributed by atoms with Crippen LogP contribution in [0.3, 0.4) is 0 Å². The van der Waals surface area contributed by atoms with Gasteiger partial charge < -0.3 is 10.5 Å². The number of hydrogen-bond donors (Lipinski definition) is 1. The van der Waals surface area contributed by atoms with Crippen LogP contribution in [0, 0.1) is 0 Å². The first-order chi connectivity index (χ1) is 8.79. The Kier molecular flexibility index (Phi) is 4.88. The molecule has 19 heavy (non-hydrogen) atoms. The van der Waals surface area contributed by atoms with E-state index in [0.29, 0.717) is 4.90 Å². The van der Waals surface area contributed by atoms with Crippen molar-refractivity contribution in [2.75, 3.05) is 12.8 Å². The van der Waals surface area contributed by atoms with Crippen LogP contribution in [0.25, 0.3) is 0 Å². The summed E-state index contributed by atoms with van der Waals surface area (Å²) in [6.45, 7) is 3.47. The van der Waals surface area contributed by atoms with Crippen LogP contribution in [0.4, 0.5) is 18.9 Å². The van der Waals surface area contributed by atoms with Crippen molar-refractivity contribution >= 4 is 23.4 Å². The van der Waals surface area contributed by atoms with E-state index in [1.807, 2.05) is 0 Å². The zero-order chi connectivity index (χ0) is 14.6. The fraction of sp³-hybridized carbons (Fsp3) is 0.250. The molecule has 2 N–H and O–H groups in total. The van der Waals surface area contributed by atoms with Crippen LogP contribution < -0.4 is 5.73 Å². The molecule has 1 aromatic carbocycles. The third kappa shape index (κ3) is 3.92. The molecule has 0 fully saturated rings. The Morgan fingerprint density at radius 2 is 2.16 bits per heavy atom. The van der Waals surface area contributed by atoms with E-state index in [1.165, 1.54) is 19.3 Å². The summed E-state index contributed by atoms with van der Waals surface area (Å²) in [6.07, 6.45) is -3.11. The largest absolute Gasteiger partial charge is 0.468 e. The van der Waals surface area contributed by atoms with E-state index in [9.17, 15) is 18.0 Å². The molecule has 0 amide bonds. The molecule has 0 aromatic heterocycles. The van der Waals surface area contributed by atoms with E-state index in [-0.39, 0.29) is 5.69 Å². The number of hydrogen-bond acceptors (Lipinski definition) is 4. The predicted molar refractivity (Wildman–Crippen MR) is 67.7 cm³/mol. The second-order valence-corrected chi connectivity index (χ2v) is 4.73. The fourth-order valence-corrected chi connectivity index (χ4v) is 2.18. The highest BCUT2D eigenvalue weighted by atomic mass is 32.2. The van der Waals surface area contributed by atoms with Gasteiger partial charge in [0.1, 0.15) is 5.25 Å². The van der Waals surface area contributed by atoms with Gasteiger partial charge >= 0.3 is 12.1 Å². The van der Waals surface area contributed by atoms with Gasteiger partial charge in [-0.25, -0.2) is 0 Å². The Hall–Kier alpha value is -1.63. The van der Waals surface area contributed by atoms with E-state index in [1.54, 1.807) is 0 Å². The van der Waals surface area contributed by atoms with Gasteiger partial charge in [-0.05, 0) is 18.2 Å². The van der Waals surface area contributed by atoms with Gasteiger partial charge in [0.25, 0.3) is 0 Å². The van der Waals surface area contributed by atoms with Gasteiger partial charge in [-0.15, -0.1) is 18.3 Å². The lowest BCUT2D eigenvalue weighted by Gasteiger charge is -2.13. The Labute approximate surface area is 112 Å². The SMILES string of the molecule is C=CC(Sc1ccc(C(F)(F)F)cc1N)C(=O)OC. The minimum atomic E-state index is -4.45. The molecule has 0 radical (unpaired) electrons. The first kappa shape index (κ1) is 15.4. The number of methoxy groups -OCH3 is 1. The number of ether oxygens (including phenoxy) is 1. The number of benzene rings is 1. The van der Waals surface area contributed by atoms with E-state index < -0.39 is 23.0 Å². The first-order valence-electron chi connectivity index (χ1n) is 5.13. The molecule has 1 rings (SSSR count). The van der Waals surface area contributed by atoms with Crippen molar-refractivity contribution in [1.82, 2.24) is 0 Å². The highest BCUT2D eigenvalue weighted by molar-refractivity contribution is 8.01. The molecule has 0 aliphatic carbocycles. The summed E-state index contributed by atoms with van der Waals surface area (Å²) >= 11 is 0.982. The number of carbonyl (C=O) groups is 1. The minimum absolute atomic E-state index is 0.0458. The molecule has 1 atom stereocenters. The Balaban J connectivity index is 2.97. The second-order valence-electron chi connectivity index (χ2n) is 3.55. The monoisotopic (exact) mass is 291 g/mol. The van der Waals surface area contributed by atoms with Crippen molar-refractivity contribution in [2.24, 2.45) is 0 Å². The highest BCUT2D eigenvalue weighted by Crippen LogP contribution is 2.35. The van der Waals surface area contributed by atoms with E-state index in [0.717, 1.165) is 23.9 Å². The Morgan fingerprint density at radius 3 is 2.58 bits per heavy atom. The van der Waals surface area contributed by atoms with E-state index >= 15 is 0 Å². The van der Waals surface area contributed by atoms with Gasteiger partial charge in [0.2, 0.25) is 0 Å². The summed E-state index contributed by atoms with van der Waals surface area (Å²) in [6, 6.07) is 2.97. The van der Waals surface area contributed by atoms with Crippen LogP contribution in [0.5, 0.6) is 0 Å². The van der Waals surface area contributed by atoms with Crippen LogP contribution in [-0.2, 0) is 15.7 Å². The average molecular weight is 291 g/mol. The van der Waals surface area contributed by atoms with E-state index in [4.69, 9.17) is 5.73 Å². The summed E-state index contributed by atoms with van der Waals surface area (Å²) in [7, 11) is 1.22. The van der Waals surface area contributed by atoms with Crippen LogP contribution in [0.2, 0.25) is 0 Å². The molecule has 0 saturated carbocycles. The lowest BCUT2D eigenvalue weighted by molar-refractivity contribution is -0.139. The van der Waals surface area contributed by atoms with Gasteiger partial charge in [-0.1, -0.05) is 6.08 Å². The van der Waals surface area contributed by atoms with Gasteiger partial charge in [-0.3, -0.25) is 4.79 Å². The summed E-state index contributed by atoms with van der Waals surface area (Å²) in [5.74, 6) is -0.542. The lowest BCUT2D eigenvalue weighted by atomic mass is 10.2. The maximum Gasteiger partial charge on any atom is 0.416 e. The molecule has 1 aromatic rings. The first-order valence-corrected chi connectivity index (χ1v) is 6.01. The number of rotatable bonds is 4. The quantitative estimate of drug-likeness (QED) is 0.401. The van der Waals surface area contributed by atoms with Crippen LogP contribution in [-0.4, -0.2) is 18.3 Å². The molecule has 0 aliphatic heterocycles. The smallest absolute Gasteiger partial charge is 0.416 e. The van der Waals surface area contributed by atoms with E-state index in [2.05, 4.69) is 11.3 Å². The zero-order valence-electron chi connectivity index (χ0n) is 10.0. The van der Waals surface area contributed by atoms with Crippen molar-refractivity contribution in [3.8, 4) is 0 Å². The second kappa shape index (κ2) is 6.01. The number of anilines is 1. The van der Waals surface area contributed by atoms with Crippen LogP contribution in [0.1, 0.15) is 5.56 Å². The molecule has 3 nitrogen and oxygen atoms in total. The zero-order valence-corrected chi connectivity index (χ0v) is 10.8. The summed E-state index contributed by atoms with van der Waals surface area (Å²) in [4.78, 5) is 11.7. The van der Waals surface area contributed by atoms with Gasteiger partial charge in [0.05, 0.1) is 12.7 Å². The highest BCUT2D eigenvalue weighted by Gasteiger charge is 2.31. The lowest BCUT2D eigenvalue weighted by Crippen LogP contribution is -2.16. The third-order valence-corrected chi connectivity index (χ3v) is 3.50. The van der Waals surface area contributed by atoms with Crippen molar-refractivity contribution in [1.29, 1.82) is 0 Å². The predicted octanol–water partition coefficient (Wildman–Crippen LogP) is 3.11. The molecular formula is C12H12F3NO2S. The summed E-state index contributed by atoms with van der Waals surface area (Å²) in [5, 5.41) is -0.718. The standard InChI is InChI=1S/C12H12F3NO2S/c1-3-9(11(17)18-2)19-10-5-4-7(6-8(10)16)12(13,14)15/h3-6,9H,1,16H2,2H3. The number of carbonyl (C=O) groups excluding carboxylic acids is 1. The molecular weight excluding hydrogens is 279 g/mol. The fourth-order valence-electron chi connectivity index (χ4n) is 1.28. The molecule has 0 aliphatic rings. The number of thioether (sulfide) groups is 1. The summed E-state index contributed by atoms with van der Waals surface area (Å²) < 4.78 is 41.9. The molecule has 104 valence electrons.